The van der Waals surface area contributed by atoms with Crippen LogP contribution in [0.15, 0.2) is 67.0 Å². The average Bonchev–Trinajstić information content (AvgIpc) is 4.04. The molecule has 1 aliphatic heterocycles. The van der Waals surface area contributed by atoms with Crippen LogP contribution in [0.4, 0.5) is 0 Å². The molecule has 2 heterocycles. The summed E-state index contributed by atoms with van der Waals surface area (Å²) in [5.74, 6) is 1.08. The Morgan fingerprint density at radius 2 is 1.61 bits per heavy atom. The number of aromatic amines is 1. The number of methoxy groups -OCH3 is 1. The highest BCUT2D eigenvalue weighted by molar-refractivity contribution is 5.64. The minimum atomic E-state index is -0.663. The fraction of sp³-hybridized carbons (Fsp3) is 0.585. The van der Waals surface area contributed by atoms with Crippen LogP contribution < -0.4 is 4.74 Å². The van der Waals surface area contributed by atoms with Gasteiger partial charge in [0.15, 0.2) is 11.5 Å². The third-order valence-electron chi connectivity index (χ3n) is 16.7. The van der Waals surface area contributed by atoms with Crippen LogP contribution in [0.1, 0.15) is 166 Å². The number of aromatic hydroxyl groups is 3. The van der Waals surface area contributed by atoms with E-state index >= 15 is 0 Å². The number of H-pyrrole nitrogens is 1. The van der Waals surface area contributed by atoms with Crippen LogP contribution in [0.3, 0.4) is 0 Å². The van der Waals surface area contributed by atoms with E-state index in [1.54, 1.807) is 0 Å². The molecule has 0 radical (unpaired) electrons. The highest BCUT2D eigenvalue weighted by Gasteiger charge is 2.46. The van der Waals surface area contributed by atoms with E-state index in [1.165, 1.54) is 57.6 Å². The molecule has 4 aliphatic carbocycles. The Morgan fingerprint density at radius 3 is 2.34 bits per heavy atom. The molecule has 4 aromatic rings. The third-order valence-corrected chi connectivity index (χ3v) is 16.7. The van der Waals surface area contributed by atoms with Crippen molar-refractivity contribution in [2.45, 2.75) is 164 Å². The van der Waals surface area contributed by atoms with Gasteiger partial charge in [-0.2, -0.15) is 0 Å². The summed E-state index contributed by atoms with van der Waals surface area (Å²) in [4.78, 5) is 3.08. The lowest BCUT2D eigenvalue weighted by molar-refractivity contribution is -0.154. The number of rotatable bonds is 12. The molecule has 5 aliphatic rings. The highest BCUT2D eigenvalue weighted by atomic mass is 16.5. The Bertz CT molecular complexity index is 2110. The van der Waals surface area contributed by atoms with Gasteiger partial charge < -0.3 is 45.1 Å². The van der Waals surface area contributed by atoms with E-state index in [0.717, 1.165) is 74.0 Å². The molecule has 334 valence electrons. The van der Waals surface area contributed by atoms with Gasteiger partial charge in [0.25, 0.3) is 0 Å². The number of nitrogens with one attached hydrogen (secondary N) is 1. The van der Waals surface area contributed by atoms with Crippen LogP contribution in [0.5, 0.6) is 23.0 Å². The SMILES string of the molecule is COc1c(O)c(O)c(CO)c(C2CC(O)C3CCC(c4ccc(O)c(C5CC(C6CCCC6)CCC5C(O)CC5(c6ccccc6)CCCCC5)c4)CC3O2)c1Cc1cc[nH]c1. The molecule has 0 bridgehead atoms. The Hall–Kier alpha value is -4.02. The van der Waals surface area contributed by atoms with Gasteiger partial charge in [-0.25, -0.2) is 0 Å². The first-order chi connectivity index (χ1) is 30.2. The van der Waals surface area contributed by atoms with Crippen LogP contribution in [-0.2, 0) is 23.2 Å². The lowest BCUT2D eigenvalue weighted by atomic mass is 9.61. The van der Waals surface area contributed by atoms with Crippen molar-refractivity contribution in [1.82, 2.24) is 4.98 Å². The minimum Gasteiger partial charge on any atom is -0.508 e. The van der Waals surface area contributed by atoms with Gasteiger partial charge in [-0.1, -0.05) is 87.4 Å². The number of phenolic OH excluding ortho intramolecular Hbond substituents is 2. The zero-order valence-corrected chi connectivity index (χ0v) is 36.6. The zero-order valence-electron chi connectivity index (χ0n) is 36.6. The van der Waals surface area contributed by atoms with Crippen LogP contribution in [0.25, 0.3) is 0 Å². The van der Waals surface area contributed by atoms with E-state index in [2.05, 4.69) is 47.4 Å². The molecule has 3 aromatic carbocycles. The molecule has 1 saturated heterocycles. The maximum atomic E-state index is 12.5. The molecule has 1 aromatic heterocycles. The number of hydrogen-bond donors (Lipinski definition) is 7. The summed E-state index contributed by atoms with van der Waals surface area (Å²) in [6.07, 6.45) is 19.5. The van der Waals surface area contributed by atoms with Crippen LogP contribution in [0.2, 0.25) is 0 Å². The molecule has 9 rings (SSSR count). The molecular weight excluding hydrogens is 779 g/mol. The number of phenols is 3. The molecule has 9 unspecified atom stereocenters. The molecule has 7 N–H and O–H groups in total. The summed E-state index contributed by atoms with van der Waals surface area (Å²) in [7, 11) is 1.45. The van der Waals surface area contributed by atoms with Crippen molar-refractivity contribution in [2.24, 2.45) is 23.7 Å². The number of aliphatic hydroxyl groups is 3. The van der Waals surface area contributed by atoms with Crippen molar-refractivity contribution >= 4 is 0 Å². The Morgan fingerprint density at radius 1 is 0.823 bits per heavy atom. The van der Waals surface area contributed by atoms with Gasteiger partial charge in [0.05, 0.1) is 38.1 Å². The first-order valence-electron chi connectivity index (χ1n) is 23.9. The van der Waals surface area contributed by atoms with Crippen LogP contribution in [-0.4, -0.2) is 61.0 Å². The standard InChI is InChI=1S/C53H69NO8/c1-61-52-42(24-32-20-23-54-30-32)49(43(31-55)50(59)51(52)60)48-28-45(57)39-18-15-36(27-47(39)62-48)35-16-19-44(56)41(26-35)40-25-34(33-10-6-7-11-33)14-17-38(40)46(58)29-53(21-8-3-9-22-53)37-12-4-2-5-13-37/h2,4-5,12-13,16,19-20,23,26,30,33-34,36,38-40,45-48,54-60H,3,6-11,14-15,17-18,21-22,24-25,27-29,31H2,1H3. The quantitative estimate of drug-likeness (QED) is 0.0695. The van der Waals surface area contributed by atoms with Crippen molar-refractivity contribution in [1.29, 1.82) is 0 Å². The largest absolute Gasteiger partial charge is 0.508 e. The fourth-order valence-electron chi connectivity index (χ4n) is 13.5. The van der Waals surface area contributed by atoms with E-state index in [4.69, 9.17) is 9.47 Å². The summed E-state index contributed by atoms with van der Waals surface area (Å²) in [5.41, 5.74) is 5.74. The lowest BCUT2D eigenvalue weighted by Crippen LogP contribution is -2.44. The van der Waals surface area contributed by atoms with Crippen LogP contribution in [0, 0.1) is 23.7 Å². The minimum absolute atomic E-state index is 0.0263. The van der Waals surface area contributed by atoms with Crippen molar-refractivity contribution in [3.05, 3.63) is 106 Å². The number of aliphatic hydroxyl groups excluding tert-OH is 3. The summed E-state index contributed by atoms with van der Waals surface area (Å²) >= 11 is 0. The van der Waals surface area contributed by atoms with Crippen molar-refractivity contribution < 1.29 is 40.1 Å². The van der Waals surface area contributed by atoms with Gasteiger partial charge in [-0.3, -0.25) is 0 Å². The molecule has 9 nitrogen and oxygen atoms in total. The molecule has 9 atom stereocenters. The van der Waals surface area contributed by atoms with Gasteiger partial charge in [0.2, 0.25) is 5.75 Å². The fourth-order valence-corrected chi connectivity index (χ4v) is 13.5. The maximum absolute atomic E-state index is 12.5. The first kappa shape index (κ1) is 43.2. The second kappa shape index (κ2) is 18.6. The Labute approximate surface area is 367 Å². The molecule has 0 spiro atoms. The summed E-state index contributed by atoms with van der Waals surface area (Å²) < 4.78 is 12.7. The van der Waals surface area contributed by atoms with E-state index in [-0.39, 0.29) is 52.9 Å². The Kier molecular flexibility index (Phi) is 13.0. The summed E-state index contributed by atoms with van der Waals surface area (Å²) in [6.45, 7) is -0.520. The number of benzene rings is 3. The van der Waals surface area contributed by atoms with E-state index in [9.17, 15) is 30.6 Å². The molecule has 62 heavy (non-hydrogen) atoms. The normalized spacial score (nSPS) is 29.5. The van der Waals surface area contributed by atoms with Crippen LogP contribution >= 0.6 is 0 Å². The average molecular weight is 848 g/mol. The number of fused-ring (bicyclic) bond motifs is 1. The molecular formula is C53H69NO8. The number of aromatic nitrogens is 1. The molecule has 5 fully saturated rings. The molecule has 4 saturated carbocycles. The van der Waals surface area contributed by atoms with Gasteiger partial charge in [-0.15, -0.1) is 0 Å². The van der Waals surface area contributed by atoms with Crippen molar-refractivity contribution in [2.75, 3.05) is 7.11 Å². The van der Waals surface area contributed by atoms with Crippen molar-refractivity contribution in [3.63, 3.8) is 0 Å². The second-order valence-corrected chi connectivity index (χ2v) is 20.0. The predicted molar refractivity (Wildman–Crippen MR) is 240 cm³/mol. The predicted octanol–water partition coefficient (Wildman–Crippen LogP) is 10.3. The topological polar surface area (TPSA) is 156 Å². The van der Waals surface area contributed by atoms with E-state index in [1.807, 2.05) is 24.5 Å². The molecule has 0 amide bonds. The highest BCUT2D eigenvalue weighted by Crippen LogP contribution is 2.55. The monoisotopic (exact) mass is 848 g/mol. The van der Waals surface area contributed by atoms with Crippen molar-refractivity contribution in [3.8, 4) is 23.0 Å². The van der Waals surface area contributed by atoms with E-state index in [0.29, 0.717) is 35.6 Å². The van der Waals surface area contributed by atoms with Gasteiger partial charge in [-0.05, 0) is 133 Å². The molecule has 9 heteroatoms. The second-order valence-electron chi connectivity index (χ2n) is 20.0. The zero-order chi connectivity index (χ0) is 43.0. The number of ether oxygens (including phenoxy) is 2. The van der Waals surface area contributed by atoms with Gasteiger partial charge in [0, 0.05) is 42.3 Å². The maximum Gasteiger partial charge on any atom is 0.201 e. The first-order valence-corrected chi connectivity index (χ1v) is 23.9. The Balaban J connectivity index is 1.00. The third kappa shape index (κ3) is 8.39. The van der Waals surface area contributed by atoms with Gasteiger partial charge >= 0.3 is 0 Å². The number of hydrogen-bond acceptors (Lipinski definition) is 8. The van der Waals surface area contributed by atoms with E-state index < -0.39 is 36.4 Å². The lowest BCUT2D eigenvalue weighted by Gasteiger charge is -2.46. The summed E-state index contributed by atoms with van der Waals surface area (Å²) in [5, 5.41) is 68.9. The summed E-state index contributed by atoms with van der Waals surface area (Å²) in [6, 6.07) is 19.1. The van der Waals surface area contributed by atoms with Gasteiger partial charge in [0.1, 0.15) is 5.75 Å². The smallest absolute Gasteiger partial charge is 0.201 e.